The molecule has 0 atom stereocenters. The van der Waals surface area contributed by atoms with Crippen LogP contribution in [0.2, 0.25) is 0 Å². The van der Waals surface area contributed by atoms with Crippen molar-refractivity contribution in [3.05, 3.63) is 18.0 Å². The summed E-state index contributed by atoms with van der Waals surface area (Å²) in [4.78, 5) is 2.39. The molecule has 1 heterocycles. The average Bonchev–Trinajstić information content (AvgIpc) is 3.15. The normalized spacial score (nSPS) is 15.8. The maximum Gasteiger partial charge on any atom is 0.242 e. The minimum Gasteiger partial charge on any atom is -0.352 e. The Bertz CT molecular complexity index is 562. The van der Waals surface area contributed by atoms with Crippen LogP contribution in [-0.2, 0) is 23.6 Å². The Balaban J connectivity index is 1.90. The fourth-order valence-corrected chi connectivity index (χ4v) is 3.29. The molecule has 0 spiro atoms. The van der Waals surface area contributed by atoms with E-state index in [9.17, 15) is 8.42 Å². The Hall–Kier alpha value is -0.890. The van der Waals surface area contributed by atoms with Crippen LogP contribution in [0.25, 0.3) is 0 Å². The number of aryl methyl sites for hydroxylation is 1. The predicted octanol–water partition coefficient (Wildman–Crippen LogP) is 0.507. The summed E-state index contributed by atoms with van der Waals surface area (Å²) < 4.78 is 29.0. The first-order chi connectivity index (χ1) is 9.88. The molecule has 0 aliphatic heterocycles. The van der Waals surface area contributed by atoms with Crippen molar-refractivity contribution in [3.8, 4) is 0 Å². The second-order valence-electron chi connectivity index (χ2n) is 5.99. The van der Waals surface area contributed by atoms with E-state index in [0.717, 1.165) is 25.2 Å². The molecule has 21 heavy (non-hydrogen) atoms. The number of rotatable bonds is 9. The highest BCUT2D eigenvalue weighted by atomic mass is 32.2. The molecule has 0 amide bonds. The summed E-state index contributed by atoms with van der Waals surface area (Å²) >= 11 is 0. The predicted molar refractivity (Wildman–Crippen MR) is 83.6 cm³/mol. The zero-order chi connectivity index (χ0) is 15.5. The molecular weight excluding hydrogens is 288 g/mol. The van der Waals surface area contributed by atoms with Gasteiger partial charge in [0.15, 0.2) is 0 Å². The van der Waals surface area contributed by atoms with E-state index in [2.05, 4.69) is 10.0 Å². The first-order valence-corrected chi connectivity index (χ1v) is 8.90. The molecule has 1 aliphatic rings. The number of nitrogens with zero attached hydrogens (tertiary/aromatic N) is 2. The lowest BCUT2D eigenvalue weighted by Crippen LogP contribution is -2.27. The molecule has 0 aromatic carbocycles. The Morgan fingerprint density at radius 2 is 2.10 bits per heavy atom. The molecule has 7 heteroatoms. The monoisotopic (exact) mass is 314 g/mol. The second-order valence-corrected chi connectivity index (χ2v) is 7.75. The summed E-state index contributed by atoms with van der Waals surface area (Å²) in [6.07, 6.45) is 4.93. The van der Waals surface area contributed by atoms with E-state index >= 15 is 0 Å². The lowest BCUT2D eigenvalue weighted by Gasteiger charge is -2.09. The highest BCUT2D eigenvalue weighted by molar-refractivity contribution is 7.89. The van der Waals surface area contributed by atoms with Gasteiger partial charge in [-0.3, -0.25) is 0 Å². The smallest absolute Gasteiger partial charge is 0.242 e. The Labute approximate surface area is 127 Å². The van der Waals surface area contributed by atoms with Gasteiger partial charge in [-0.25, -0.2) is 13.1 Å². The number of sulfonamides is 1. The molecule has 6 nitrogen and oxygen atoms in total. The van der Waals surface area contributed by atoms with Crippen LogP contribution in [0.3, 0.4) is 0 Å². The fourth-order valence-electron chi connectivity index (χ4n) is 2.12. The van der Waals surface area contributed by atoms with Crippen LogP contribution >= 0.6 is 0 Å². The third-order valence-corrected chi connectivity index (χ3v) is 5.04. The molecule has 120 valence electrons. The van der Waals surface area contributed by atoms with Crippen molar-refractivity contribution in [3.63, 3.8) is 0 Å². The SMILES string of the molecule is CN(C)CCCNS(=O)(=O)c1cc(CNC2CC2)n(C)c1. The summed E-state index contributed by atoms with van der Waals surface area (Å²) in [6.45, 7) is 2.05. The quantitative estimate of drug-likeness (QED) is 0.652. The van der Waals surface area contributed by atoms with Crippen LogP contribution in [-0.4, -0.2) is 51.1 Å². The molecule has 1 saturated carbocycles. The van der Waals surface area contributed by atoms with Crippen molar-refractivity contribution in [2.45, 2.75) is 36.7 Å². The Morgan fingerprint density at radius 1 is 1.38 bits per heavy atom. The summed E-state index contributed by atoms with van der Waals surface area (Å²) in [6, 6.07) is 2.37. The number of aromatic nitrogens is 1. The number of hydrogen-bond acceptors (Lipinski definition) is 4. The van der Waals surface area contributed by atoms with E-state index in [1.54, 1.807) is 12.3 Å². The van der Waals surface area contributed by atoms with Crippen LogP contribution < -0.4 is 10.0 Å². The van der Waals surface area contributed by atoms with Gasteiger partial charge in [-0.15, -0.1) is 0 Å². The van der Waals surface area contributed by atoms with E-state index in [1.807, 2.05) is 30.6 Å². The maximum atomic E-state index is 12.2. The van der Waals surface area contributed by atoms with Crippen LogP contribution in [0.5, 0.6) is 0 Å². The van der Waals surface area contributed by atoms with E-state index < -0.39 is 10.0 Å². The van der Waals surface area contributed by atoms with Gasteiger partial charge in [0, 0.05) is 38.1 Å². The summed E-state index contributed by atoms with van der Waals surface area (Å²) in [5.41, 5.74) is 0.996. The van der Waals surface area contributed by atoms with Gasteiger partial charge in [0.2, 0.25) is 10.0 Å². The standard InChI is InChI=1S/C14H26N4O2S/c1-17(2)8-4-7-16-21(19,20)14-9-13(18(3)11-14)10-15-12-5-6-12/h9,11-12,15-16H,4-8,10H2,1-3H3. The summed E-state index contributed by atoms with van der Waals surface area (Å²) in [7, 11) is 2.44. The van der Waals surface area contributed by atoms with E-state index in [-0.39, 0.29) is 0 Å². The van der Waals surface area contributed by atoms with Gasteiger partial charge in [-0.1, -0.05) is 0 Å². The zero-order valence-corrected chi connectivity index (χ0v) is 13.9. The molecule has 1 fully saturated rings. The molecule has 2 rings (SSSR count). The number of hydrogen-bond donors (Lipinski definition) is 2. The third-order valence-electron chi connectivity index (χ3n) is 3.62. The van der Waals surface area contributed by atoms with Gasteiger partial charge in [0.25, 0.3) is 0 Å². The molecule has 0 bridgehead atoms. The third kappa shape index (κ3) is 5.10. The van der Waals surface area contributed by atoms with Crippen LogP contribution in [0.15, 0.2) is 17.2 Å². The molecular formula is C14H26N4O2S. The van der Waals surface area contributed by atoms with E-state index in [1.165, 1.54) is 12.8 Å². The summed E-state index contributed by atoms with van der Waals surface area (Å²) in [5.74, 6) is 0. The van der Waals surface area contributed by atoms with Gasteiger partial charge < -0.3 is 14.8 Å². The van der Waals surface area contributed by atoms with E-state index in [0.29, 0.717) is 17.5 Å². The van der Waals surface area contributed by atoms with Crippen molar-refractivity contribution in [2.24, 2.45) is 7.05 Å². The zero-order valence-electron chi connectivity index (χ0n) is 13.1. The van der Waals surface area contributed by atoms with E-state index in [4.69, 9.17) is 0 Å². The van der Waals surface area contributed by atoms with Crippen LogP contribution in [0.1, 0.15) is 25.0 Å². The fraction of sp³-hybridized carbons (Fsp3) is 0.714. The highest BCUT2D eigenvalue weighted by Crippen LogP contribution is 2.20. The molecule has 0 saturated heterocycles. The molecule has 2 N–H and O–H groups in total. The van der Waals surface area contributed by atoms with Gasteiger partial charge >= 0.3 is 0 Å². The summed E-state index contributed by atoms with van der Waals surface area (Å²) in [5, 5.41) is 3.40. The average molecular weight is 314 g/mol. The lowest BCUT2D eigenvalue weighted by molar-refractivity contribution is 0.400. The van der Waals surface area contributed by atoms with Crippen LogP contribution in [0, 0.1) is 0 Å². The van der Waals surface area contributed by atoms with Crippen molar-refractivity contribution >= 4 is 10.0 Å². The van der Waals surface area contributed by atoms with Crippen molar-refractivity contribution < 1.29 is 8.42 Å². The first-order valence-electron chi connectivity index (χ1n) is 7.41. The molecule has 1 aliphatic carbocycles. The first kappa shape index (κ1) is 16.5. The highest BCUT2D eigenvalue weighted by Gasteiger charge is 2.22. The minimum atomic E-state index is -3.40. The molecule has 1 aromatic heterocycles. The van der Waals surface area contributed by atoms with Gasteiger partial charge in [0.05, 0.1) is 4.90 Å². The maximum absolute atomic E-state index is 12.2. The van der Waals surface area contributed by atoms with Gasteiger partial charge in [0.1, 0.15) is 0 Å². The Morgan fingerprint density at radius 3 is 2.71 bits per heavy atom. The van der Waals surface area contributed by atoms with Crippen LogP contribution in [0.4, 0.5) is 0 Å². The molecule has 1 aromatic rings. The molecule has 0 radical (unpaired) electrons. The van der Waals surface area contributed by atoms with Gasteiger partial charge in [-0.2, -0.15) is 0 Å². The minimum absolute atomic E-state index is 0.349. The van der Waals surface area contributed by atoms with Crippen molar-refractivity contribution in [1.82, 2.24) is 19.5 Å². The topological polar surface area (TPSA) is 66.4 Å². The molecule has 0 unspecified atom stereocenters. The van der Waals surface area contributed by atoms with Crippen molar-refractivity contribution in [1.29, 1.82) is 0 Å². The van der Waals surface area contributed by atoms with Crippen molar-refractivity contribution in [2.75, 3.05) is 27.2 Å². The number of nitrogens with one attached hydrogen (secondary N) is 2. The van der Waals surface area contributed by atoms with Gasteiger partial charge in [-0.05, 0) is 46.0 Å². The Kier molecular flexibility index (Phi) is 5.43. The lowest BCUT2D eigenvalue weighted by atomic mass is 10.4. The second kappa shape index (κ2) is 6.91. The largest absolute Gasteiger partial charge is 0.352 e.